The van der Waals surface area contributed by atoms with Gasteiger partial charge in [0.25, 0.3) is 0 Å². The fraction of sp³-hybridized carbons (Fsp3) is 0.692. The second-order valence-electron chi connectivity index (χ2n) is 5.37. The summed E-state index contributed by atoms with van der Waals surface area (Å²) in [5, 5.41) is 13.0. The first-order chi connectivity index (χ1) is 8.99. The van der Waals surface area contributed by atoms with Crippen molar-refractivity contribution in [2.24, 2.45) is 0 Å². The highest BCUT2D eigenvalue weighted by atomic mass is 16.3. The molecule has 19 heavy (non-hydrogen) atoms. The van der Waals surface area contributed by atoms with Crippen LogP contribution in [0.2, 0.25) is 0 Å². The van der Waals surface area contributed by atoms with Crippen LogP contribution in [0.4, 0.5) is 11.6 Å². The molecule has 0 aromatic carbocycles. The number of aromatic nitrogens is 2. The van der Waals surface area contributed by atoms with E-state index in [2.05, 4.69) is 25.1 Å². The van der Waals surface area contributed by atoms with E-state index in [0.717, 1.165) is 30.4 Å². The minimum absolute atomic E-state index is 0.279. The van der Waals surface area contributed by atoms with Crippen molar-refractivity contribution in [2.75, 3.05) is 44.4 Å². The van der Waals surface area contributed by atoms with Crippen molar-refractivity contribution in [1.82, 2.24) is 14.9 Å². The van der Waals surface area contributed by atoms with Crippen molar-refractivity contribution in [3.8, 4) is 0 Å². The maximum Gasteiger partial charge on any atom is 0.134 e. The maximum absolute atomic E-state index is 9.92. The Morgan fingerprint density at radius 2 is 2.21 bits per heavy atom. The van der Waals surface area contributed by atoms with Crippen LogP contribution in [-0.4, -0.2) is 66.4 Å². The molecule has 0 amide bonds. The van der Waals surface area contributed by atoms with Crippen molar-refractivity contribution in [2.45, 2.75) is 25.5 Å². The number of nitrogens with one attached hydrogen (secondary N) is 1. The van der Waals surface area contributed by atoms with Crippen molar-refractivity contribution in [3.63, 3.8) is 0 Å². The number of anilines is 2. The molecule has 1 aliphatic heterocycles. The molecule has 0 bridgehead atoms. The molecule has 2 rings (SSSR count). The zero-order valence-corrected chi connectivity index (χ0v) is 12.1. The summed E-state index contributed by atoms with van der Waals surface area (Å²) >= 11 is 0. The summed E-state index contributed by atoms with van der Waals surface area (Å²) in [5.41, 5.74) is 0. The third-order valence-corrected chi connectivity index (χ3v) is 3.34. The molecule has 6 heteroatoms. The molecular weight excluding hydrogens is 242 g/mol. The summed E-state index contributed by atoms with van der Waals surface area (Å²) in [5.74, 6) is 2.44. The van der Waals surface area contributed by atoms with Crippen LogP contribution in [-0.2, 0) is 0 Å². The summed E-state index contributed by atoms with van der Waals surface area (Å²) in [6, 6.07) is 2.23. The molecule has 1 saturated heterocycles. The first kappa shape index (κ1) is 14.0. The second-order valence-corrected chi connectivity index (χ2v) is 5.37. The predicted molar refractivity (Wildman–Crippen MR) is 76.6 cm³/mol. The Balaban J connectivity index is 2.25. The Bertz CT molecular complexity index is 437. The molecule has 0 saturated carbocycles. The molecule has 0 aliphatic carbocycles. The molecule has 2 unspecified atom stereocenters. The average molecular weight is 265 g/mol. The highest BCUT2D eigenvalue weighted by molar-refractivity contribution is 5.50. The molecule has 106 valence electrons. The smallest absolute Gasteiger partial charge is 0.134 e. The number of aliphatic hydroxyl groups is 1. The summed E-state index contributed by atoms with van der Waals surface area (Å²) in [4.78, 5) is 13.1. The summed E-state index contributed by atoms with van der Waals surface area (Å²) in [7, 11) is 5.95. The van der Waals surface area contributed by atoms with Crippen LogP contribution in [0.1, 0.15) is 12.2 Å². The van der Waals surface area contributed by atoms with E-state index in [9.17, 15) is 5.11 Å². The predicted octanol–water partition coefficient (Wildman–Crippen LogP) is 0.328. The van der Waals surface area contributed by atoms with Crippen LogP contribution in [0, 0.1) is 6.92 Å². The number of aryl methyl sites for hydroxylation is 1. The fourth-order valence-electron chi connectivity index (χ4n) is 2.59. The van der Waals surface area contributed by atoms with Gasteiger partial charge in [0.1, 0.15) is 17.5 Å². The van der Waals surface area contributed by atoms with Crippen LogP contribution in [0.25, 0.3) is 0 Å². The molecule has 1 aliphatic rings. The van der Waals surface area contributed by atoms with E-state index in [-0.39, 0.29) is 6.10 Å². The van der Waals surface area contributed by atoms with Gasteiger partial charge in [-0.1, -0.05) is 0 Å². The van der Waals surface area contributed by atoms with Gasteiger partial charge in [0.2, 0.25) is 0 Å². The monoisotopic (exact) mass is 265 g/mol. The molecule has 0 spiro atoms. The quantitative estimate of drug-likeness (QED) is 0.818. The van der Waals surface area contributed by atoms with Crippen LogP contribution in [0.15, 0.2) is 6.07 Å². The SMILES string of the molecule is CNc1cc(N2CC(O)CC2CN(C)C)nc(C)n1. The summed E-state index contributed by atoms with van der Waals surface area (Å²) < 4.78 is 0. The van der Waals surface area contributed by atoms with Crippen LogP contribution >= 0.6 is 0 Å². The van der Waals surface area contributed by atoms with Gasteiger partial charge in [-0.25, -0.2) is 9.97 Å². The van der Waals surface area contributed by atoms with E-state index in [1.54, 1.807) is 0 Å². The first-order valence-corrected chi connectivity index (χ1v) is 6.62. The Morgan fingerprint density at radius 3 is 2.84 bits per heavy atom. The number of aliphatic hydroxyl groups excluding tert-OH is 1. The summed E-state index contributed by atoms with van der Waals surface area (Å²) in [6.45, 7) is 3.44. The molecule has 1 aromatic rings. The fourth-order valence-corrected chi connectivity index (χ4v) is 2.59. The van der Waals surface area contributed by atoms with Crippen LogP contribution < -0.4 is 10.2 Å². The molecule has 6 nitrogen and oxygen atoms in total. The molecule has 1 fully saturated rings. The normalized spacial score (nSPS) is 23.2. The summed E-state index contributed by atoms with van der Waals surface area (Å²) in [6.07, 6.45) is 0.508. The van der Waals surface area contributed by atoms with Crippen LogP contribution in [0.3, 0.4) is 0 Å². The Hall–Kier alpha value is -1.40. The molecule has 2 N–H and O–H groups in total. The maximum atomic E-state index is 9.92. The van der Waals surface area contributed by atoms with Crippen molar-refractivity contribution in [1.29, 1.82) is 0 Å². The molecular formula is C13H23N5O. The number of rotatable bonds is 4. The van der Waals surface area contributed by atoms with Crippen molar-refractivity contribution < 1.29 is 5.11 Å². The molecule has 1 aromatic heterocycles. The average Bonchev–Trinajstić information content (AvgIpc) is 2.68. The van der Waals surface area contributed by atoms with Gasteiger partial charge in [-0.2, -0.15) is 0 Å². The van der Waals surface area contributed by atoms with Gasteiger partial charge in [-0.15, -0.1) is 0 Å². The number of β-amino-alcohol motifs (C(OH)–C–C–N with tert-alkyl or cyclic N) is 1. The van der Waals surface area contributed by atoms with E-state index >= 15 is 0 Å². The second kappa shape index (κ2) is 5.71. The van der Waals surface area contributed by atoms with E-state index < -0.39 is 0 Å². The van der Waals surface area contributed by atoms with E-state index in [1.165, 1.54) is 0 Å². The lowest BCUT2D eigenvalue weighted by molar-refractivity contribution is 0.191. The Labute approximate surface area is 114 Å². The molecule has 2 heterocycles. The van der Waals surface area contributed by atoms with Gasteiger partial charge in [0, 0.05) is 32.2 Å². The van der Waals surface area contributed by atoms with Crippen LogP contribution in [0.5, 0.6) is 0 Å². The number of hydrogen-bond acceptors (Lipinski definition) is 6. The zero-order chi connectivity index (χ0) is 14.0. The van der Waals surface area contributed by atoms with E-state index in [0.29, 0.717) is 12.6 Å². The van der Waals surface area contributed by atoms with Gasteiger partial charge in [-0.3, -0.25) is 0 Å². The minimum Gasteiger partial charge on any atom is -0.391 e. The molecule has 2 atom stereocenters. The van der Waals surface area contributed by atoms with Gasteiger partial charge >= 0.3 is 0 Å². The topological polar surface area (TPSA) is 64.5 Å². The third kappa shape index (κ3) is 3.33. The molecule has 0 radical (unpaired) electrons. The highest BCUT2D eigenvalue weighted by Gasteiger charge is 2.32. The lowest BCUT2D eigenvalue weighted by Gasteiger charge is -2.28. The highest BCUT2D eigenvalue weighted by Crippen LogP contribution is 2.26. The Morgan fingerprint density at radius 1 is 1.47 bits per heavy atom. The number of hydrogen-bond donors (Lipinski definition) is 2. The first-order valence-electron chi connectivity index (χ1n) is 6.62. The van der Waals surface area contributed by atoms with Crippen molar-refractivity contribution >= 4 is 11.6 Å². The van der Waals surface area contributed by atoms with Gasteiger partial charge in [0.15, 0.2) is 0 Å². The largest absolute Gasteiger partial charge is 0.391 e. The van der Waals surface area contributed by atoms with Crippen molar-refractivity contribution in [3.05, 3.63) is 11.9 Å². The van der Waals surface area contributed by atoms with Gasteiger partial charge < -0.3 is 20.2 Å². The lowest BCUT2D eigenvalue weighted by atomic mass is 10.2. The Kier molecular flexibility index (Phi) is 4.21. The third-order valence-electron chi connectivity index (χ3n) is 3.34. The standard InChI is InChI=1S/C13H23N5O/c1-9-15-12(14-2)6-13(16-9)18-8-11(19)5-10(18)7-17(3)4/h6,10-11,19H,5,7-8H2,1-4H3,(H,14,15,16). The number of nitrogens with zero attached hydrogens (tertiary/aromatic N) is 4. The van der Waals surface area contributed by atoms with E-state index in [1.807, 2.05) is 34.1 Å². The van der Waals surface area contributed by atoms with E-state index in [4.69, 9.17) is 0 Å². The van der Waals surface area contributed by atoms with Gasteiger partial charge in [-0.05, 0) is 27.4 Å². The minimum atomic E-state index is -0.279. The zero-order valence-electron chi connectivity index (χ0n) is 12.1. The number of likely N-dealkylation sites (N-methyl/N-ethyl adjacent to an activating group) is 1. The lowest BCUT2D eigenvalue weighted by Crippen LogP contribution is -2.38. The van der Waals surface area contributed by atoms with Gasteiger partial charge in [0.05, 0.1) is 6.10 Å².